The SMILES string of the molecule is CCC(O)C1CCC(N2CC(CC(=O)CNc3ncnc4ccc(C(F)(F)F)cc34)C2)CC1. The summed E-state index contributed by atoms with van der Waals surface area (Å²) < 4.78 is 39.2. The number of halogens is 3. The van der Waals surface area contributed by atoms with Crippen LogP contribution in [0.1, 0.15) is 51.0 Å². The second kappa shape index (κ2) is 9.93. The first-order valence-corrected chi connectivity index (χ1v) is 11.7. The molecule has 1 saturated carbocycles. The van der Waals surface area contributed by atoms with Gasteiger partial charge in [-0.3, -0.25) is 9.69 Å². The van der Waals surface area contributed by atoms with E-state index in [1.54, 1.807) is 0 Å². The number of alkyl halides is 3. The Hall–Kier alpha value is -2.26. The van der Waals surface area contributed by atoms with Crippen molar-refractivity contribution in [2.24, 2.45) is 11.8 Å². The number of ketones is 1. The third-order valence-corrected chi connectivity index (χ3v) is 7.14. The van der Waals surface area contributed by atoms with Gasteiger partial charge in [0.2, 0.25) is 0 Å². The molecule has 1 unspecified atom stereocenters. The number of benzene rings is 1. The van der Waals surface area contributed by atoms with E-state index in [1.807, 2.05) is 6.92 Å². The minimum atomic E-state index is -4.46. The Bertz CT molecular complexity index is 970. The quantitative estimate of drug-likeness (QED) is 0.607. The maximum Gasteiger partial charge on any atom is 0.416 e. The van der Waals surface area contributed by atoms with Gasteiger partial charge in [0.1, 0.15) is 12.1 Å². The van der Waals surface area contributed by atoms with E-state index in [4.69, 9.17) is 0 Å². The predicted octanol–water partition coefficient (Wildman–Crippen LogP) is 4.28. The Morgan fingerprint density at radius 2 is 1.94 bits per heavy atom. The van der Waals surface area contributed by atoms with Gasteiger partial charge in [0.25, 0.3) is 0 Å². The number of nitrogens with one attached hydrogen (secondary N) is 1. The van der Waals surface area contributed by atoms with E-state index in [1.165, 1.54) is 12.4 Å². The first-order chi connectivity index (χ1) is 15.7. The van der Waals surface area contributed by atoms with E-state index in [2.05, 4.69) is 20.2 Å². The smallest absolute Gasteiger partial charge is 0.393 e. The van der Waals surface area contributed by atoms with Crippen molar-refractivity contribution in [1.29, 1.82) is 0 Å². The molecule has 0 bridgehead atoms. The molecule has 2 aromatic rings. The summed E-state index contributed by atoms with van der Waals surface area (Å²) in [5, 5.41) is 13.2. The van der Waals surface area contributed by atoms with Crippen molar-refractivity contribution in [2.75, 3.05) is 25.0 Å². The highest BCUT2D eigenvalue weighted by atomic mass is 19.4. The van der Waals surface area contributed by atoms with Crippen molar-refractivity contribution < 1.29 is 23.1 Å². The number of fused-ring (bicyclic) bond motifs is 1. The lowest BCUT2D eigenvalue weighted by molar-refractivity contribution is -0.137. The zero-order valence-electron chi connectivity index (χ0n) is 18.8. The summed E-state index contributed by atoms with van der Waals surface area (Å²) in [6, 6.07) is 3.86. The Morgan fingerprint density at radius 1 is 1.21 bits per heavy atom. The molecule has 6 nitrogen and oxygen atoms in total. The molecule has 2 aliphatic rings. The predicted molar refractivity (Wildman–Crippen MR) is 120 cm³/mol. The minimum Gasteiger partial charge on any atom is -0.393 e. The number of nitrogens with zero attached hydrogens (tertiary/aromatic N) is 3. The summed E-state index contributed by atoms with van der Waals surface area (Å²) in [7, 11) is 0. The van der Waals surface area contributed by atoms with Crippen LogP contribution in [0.5, 0.6) is 0 Å². The number of anilines is 1. The molecule has 1 aliphatic carbocycles. The molecule has 1 saturated heterocycles. The first kappa shape index (κ1) is 23.9. The van der Waals surface area contributed by atoms with Gasteiger partial charge in [0.05, 0.1) is 23.7 Å². The zero-order valence-corrected chi connectivity index (χ0v) is 18.8. The molecule has 2 N–H and O–H groups in total. The Balaban J connectivity index is 1.24. The molecule has 2 fully saturated rings. The summed E-state index contributed by atoms with van der Waals surface area (Å²) in [6.45, 7) is 3.86. The van der Waals surface area contributed by atoms with Crippen molar-refractivity contribution >= 4 is 22.5 Å². The van der Waals surface area contributed by atoms with E-state index >= 15 is 0 Å². The molecular formula is C24H31F3N4O2. The zero-order chi connectivity index (χ0) is 23.6. The number of aromatic nitrogens is 2. The van der Waals surface area contributed by atoms with Gasteiger partial charge in [-0.2, -0.15) is 13.2 Å². The van der Waals surface area contributed by atoms with Crippen LogP contribution in [0.3, 0.4) is 0 Å². The molecule has 2 heterocycles. The van der Waals surface area contributed by atoms with E-state index in [-0.39, 0.29) is 29.6 Å². The van der Waals surface area contributed by atoms with Crippen LogP contribution in [-0.4, -0.2) is 57.5 Å². The van der Waals surface area contributed by atoms with Crippen LogP contribution in [0, 0.1) is 11.8 Å². The maximum absolute atomic E-state index is 13.1. The number of hydrogen-bond acceptors (Lipinski definition) is 6. The lowest BCUT2D eigenvalue weighted by Crippen LogP contribution is -2.53. The van der Waals surface area contributed by atoms with E-state index in [0.717, 1.165) is 57.3 Å². The van der Waals surface area contributed by atoms with Gasteiger partial charge in [0.15, 0.2) is 5.78 Å². The van der Waals surface area contributed by atoms with Crippen molar-refractivity contribution in [3.63, 3.8) is 0 Å². The molecule has 0 radical (unpaired) electrons. The van der Waals surface area contributed by atoms with Crippen LogP contribution in [0.4, 0.5) is 19.0 Å². The largest absolute Gasteiger partial charge is 0.416 e. The normalized spacial score (nSPS) is 23.3. The van der Waals surface area contributed by atoms with Crippen molar-refractivity contribution in [1.82, 2.24) is 14.9 Å². The topological polar surface area (TPSA) is 78.4 Å². The van der Waals surface area contributed by atoms with Gasteiger partial charge in [0, 0.05) is 30.9 Å². The Labute approximate surface area is 191 Å². The fraction of sp³-hybridized carbons (Fsp3) is 0.625. The number of rotatable bonds is 8. The number of aliphatic hydroxyl groups is 1. The first-order valence-electron chi connectivity index (χ1n) is 11.7. The highest BCUT2D eigenvalue weighted by Gasteiger charge is 2.36. The van der Waals surface area contributed by atoms with Crippen LogP contribution in [0.2, 0.25) is 0 Å². The summed E-state index contributed by atoms with van der Waals surface area (Å²) >= 11 is 0. The van der Waals surface area contributed by atoms with Gasteiger partial charge in [-0.1, -0.05) is 6.92 Å². The van der Waals surface area contributed by atoms with Gasteiger partial charge in [-0.15, -0.1) is 0 Å². The summed E-state index contributed by atoms with van der Waals surface area (Å²) in [6.07, 6.45) is 2.22. The van der Waals surface area contributed by atoms with Crippen LogP contribution in [-0.2, 0) is 11.0 Å². The molecule has 180 valence electrons. The van der Waals surface area contributed by atoms with Crippen LogP contribution >= 0.6 is 0 Å². The molecule has 1 atom stereocenters. The fourth-order valence-corrected chi connectivity index (χ4v) is 5.17. The molecule has 33 heavy (non-hydrogen) atoms. The average Bonchev–Trinajstić information content (AvgIpc) is 2.78. The van der Waals surface area contributed by atoms with Crippen molar-refractivity contribution in [3.05, 3.63) is 30.1 Å². The summed E-state index contributed by atoms with van der Waals surface area (Å²) in [5.74, 6) is 0.993. The van der Waals surface area contributed by atoms with Gasteiger partial charge < -0.3 is 10.4 Å². The monoisotopic (exact) mass is 464 g/mol. The number of Topliss-reactive ketones (excluding diaryl/α,β-unsaturated/α-hetero) is 1. The lowest BCUT2D eigenvalue weighted by atomic mass is 9.79. The van der Waals surface area contributed by atoms with E-state index in [9.17, 15) is 23.1 Å². The molecule has 0 amide bonds. The molecule has 1 aromatic carbocycles. The molecular weight excluding hydrogens is 433 g/mol. The maximum atomic E-state index is 13.1. The number of aliphatic hydroxyl groups excluding tert-OH is 1. The molecule has 4 rings (SSSR count). The number of hydrogen-bond donors (Lipinski definition) is 2. The van der Waals surface area contributed by atoms with Crippen molar-refractivity contribution in [2.45, 2.75) is 63.8 Å². The second-order valence-electron chi connectivity index (χ2n) is 9.41. The highest BCUT2D eigenvalue weighted by molar-refractivity contribution is 5.91. The van der Waals surface area contributed by atoms with E-state index < -0.39 is 11.7 Å². The van der Waals surface area contributed by atoms with Gasteiger partial charge >= 0.3 is 6.18 Å². The highest BCUT2D eigenvalue weighted by Crippen LogP contribution is 2.35. The molecule has 1 aromatic heterocycles. The summed E-state index contributed by atoms with van der Waals surface area (Å²) in [5.41, 5.74) is -0.379. The minimum absolute atomic E-state index is 0.0214. The van der Waals surface area contributed by atoms with Crippen LogP contribution in [0.15, 0.2) is 24.5 Å². The standard InChI is InChI=1S/C24H31F3N4O2/c1-2-22(33)16-3-6-18(7-4-16)31-12-15(13-31)9-19(32)11-28-23-20-10-17(24(25,26)27)5-8-21(20)29-14-30-23/h5,8,10,14-16,18,22,33H,2-4,6-7,9,11-13H2,1H3,(H,28,29,30). The number of carbonyl (C=O) groups excluding carboxylic acids is 1. The second-order valence-corrected chi connectivity index (χ2v) is 9.41. The fourth-order valence-electron chi connectivity index (χ4n) is 5.17. The lowest BCUT2D eigenvalue weighted by Gasteiger charge is -2.47. The molecule has 0 spiro atoms. The van der Waals surface area contributed by atoms with Gasteiger partial charge in [-0.25, -0.2) is 9.97 Å². The van der Waals surface area contributed by atoms with Gasteiger partial charge in [-0.05, 0) is 62.1 Å². The third-order valence-electron chi connectivity index (χ3n) is 7.14. The summed E-state index contributed by atoms with van der Waals surface area (Å²) in [4.78, 5) is 23.0. The Kier molecular flexibility index (Phi) is 7.19. The average molecular weight is 465 g/mol. The number of likely N-dealkylation sites (tertiary alicyclic amines) is 1. The Morgan fingerprint density at radius 3 is 2.61 bits per heavy atom. The van der Waals surface area contributed by atoms with Crippen LogP contribution in [0.25, 0.3) is 10.9 Å². The molecule has 1 aliphatic heterocycles. The van der Waals surface area contributed by atoms with Crippen molar-refractivity contribution in [3.8, 4) is 0 Å². The number of carbonyl (C=O) groups is 1. The molecule has 9 heteroatoms. The third kappa shape index (κ3) is 5.63. The van der Waals surface area contributed by atoms with E-state index in [0.29, 0.717) is 29.8 Å². The van der Waals surface area contributed by atoms with Crippen LogP contribution < -0.4 is 5.32 Å².